The number of rotatable bonds is 6. The molecule has 112 valence electrons. The number of carbonyl (C=O) groups excluding carboxylic acids is 2. The van der Waals surface area contributed by atoms with Crippen LogP contribution in [-0.2, 0) is 32.3 Å². The van der Waals surface area contributed by atoms with Crippen molar-refractivity contribution in [3.63, 3.8) is 0 Å². The first kappa shape index (κ1) is 15.5. The first-order valence-electron chi connectivity index (χ1n) is 6.83. The average Bonchev–Trinajstić information content (AvgIpc) is 2.58. The van der Waals surface area contributed by atoms with Gasteiger partial charge in [-0.15, -0.1) is 0 Å². The molecule has 2 aromatic carbocycles. The third-order valence-corrected chi connectivity index (χ3v) is 2.80. The monoisotopic (exact) mass is 296 g/mol. The zero-order chi connectivity index (χ0) is 15.6. The zero-order valence-electron chi connectivity index (χ0n) is 12.0. The Labute approximate surface area is 129 Å². The van der Waals surface area contributed by atoms with E-state index in [0.29, 0.717) is 0 Å². The Morgan fingerprint density at radius 3 is 1.41 bits per heavy atom. The van der Waals surface area contributed by atoms with Crippen molar-refractivity contribution >= 4 is 11.9 Å². The van der Waals surface area contributed by atoms with Crippen LogP contribution in [0.2, 0.25) is 0 Å². The van der Waals surface area contributed by atoms with Gasteiger partial charge in [0.05, 0.1) is 0 Å². The maximum atomic E-state index is 11.5. The van der Waals surface area contributed by atoms with Crippen LogP contribution in [0.5, 0.6) is 0 Å². The fourth-order valence-electron chi connectivity index (χ4n) is 1.69. The lowest BCUT2D eigenvalue weighted by Gasteiger charge is -2.02. The molecule has 0 bridgehead atoms. The Morgan fingerprint density at radius 2 is 1.05 bits per heavy atom. The second kappa shape index (κ2) is 8.42. The third-order valence-electron chi connectivity index (χ3n) is 2.80. The van der Waals surface area contributed by atoms with Crippen molar-refractivity contribution in [1.82, 2.24) is 0 Å². The minimum atomic E-state index is -0.583. The molecular weight excluding hydrogens is 280 g/mol. The van der Waals surface area contributed by atoms with E-state index in [-0.39, 0.29) is 13.2 Å². The van der Waals surface area contributed by atoms with Gasteiger partial charge in [0.25, 0.3) is 0 Å². The van der Waals surface area contributed by atoms with Crippen LogP contribution >= 0.6 is 0 Å². The highest BCUT2D eigenvalue weighted by molar-refractivity contribution is 5.91. The van der Waals surface area contributed by atoms with Crippen molar-refractivity contribution in [3.8, 4) is 0 Å². The lowest BCUT2D eigenvalue weighted by molar-refractivity contribution is -0.141. The summed E-state index contributed by atoms with van der Waals surface area (Å²) < 4.78 is 10.0. The molecule has 2 aromatic rings. The largest absolute Gasteiger partial charge is 0.458 e. The molecule has 0 aromatic heterocycles. The van der Waals surface area contributed by atoms with Gasteiger partial charge in [0.2, 0.25) is 0 Å². The molecule has 0 saturated heterocycles. The van der Waals surface area contributed by atoms with E-state index in [2.05, 4.69) is 0 Å². The molecule has 22 heavy (non-hydrogen) atoms. The minimum Gasteiger partial charge on any atom is -0.458 e. The summed E-state index contributed by atoms with van der Waals surface area (Å²) in [6, 6.07) is 18.6. The molecule has 0 saturated carbocycles. The lowest BCUT2D eigenvalue weighted by Crippen LogP contribution is -2.04. The topological polar surface area (TPSA) is 52.6 Å². The summed E-state index contributed by atoms with van der Waals surface area (Å²) in [5.74, 6) is -1.17. The van der Waals surface area contributed by atoms with Gasteiger partial charge in [-0.25, -0.2) is 9.59 Å². The molecule has 0 atom stereocenters. The van der Waals surface area contributed by atoms with E-state index < -0.39 is 11.9 Å². The van der Waals surface area contributed by atoms with Crippen molar-refractivity contribution in [2.45, 2.75) is 13.2 Å². The van der Waals surface area contributed by atoms with E-state index in [0.717, 1.165) is 23.3 Å². The predicted octanol–water partition coefficient (Wildman–Crippen LogP) is 3.03. The van der Waals surface area contributed by atoms with Gasteiger partial charge >= 0.3 is 11.9 Å². The van der Waals surface area contributed by atoms with Crippen molar-refractivity contribution in [2.75, 3.05) is 0 Å². The van der Waals surface area contributed by atoms with E-state index >= 15 is 0 Å². The summed E-state index contributed by atoms with van der Waals surface area (Å²) in [7, 11) is 0. The minimum absolute atomic E-state index is 0.170. The summed E-state index contributed by atoms with van der Waals surface area (Å²) in [4.78, 5) is 23.0. The SMILES string of the molecule is O=C(C=CC(=O)OCc1ccccc1)OCc1ccccc1. The second-order valence-corrected chi connectivity index (χ2v) is 4.52. The summed E-state index contributed by atoms with van der Waals surface area (Å²) >= 11 is 0. The molecule has 0 aliphatic rings. The fourth-order valence-corrected chi connectivity index (χ4v) is 1.69. The van der Waals surface area contributed by atoms with Gasteiger partial charge in [0, 0.05) is 12.2 Å². The molecule has 0 N–H and O–H groups in total. The van der Waals surface area contributed by atoms with E-state index in [4.69, 9.17) is 9.47 Å². The van der Waals surface area contributed by atoms with E-state index in [9.17, 15) is 9.59 Å². The molecule has 0 unspecified atom stereocenters. The van der Waals surface area contributed by atoms with Crippen LogP contribution in [0.15, 0.2) is 72.8 Å². The highest BCUT2D eigenvalue weighted by Gasteiger charge is 2.02. The molecule has 4 nitrogen and oxygen atoms in total. The number of hydrogen-bond donors (Lipinski definition) is 0. The normalized spacial score (nSPS) is 10.4. The molecule has 2 rings (SSSR count). The van der Waals surface area contributed by atoms with Crippen LogP contribution in [0.4, 0.5) is 0 Å². The third kappa shape index (κ3) is 5.63. The lowest BCUT2D eigenvalue weighted by atomic mass is 10.2. The molecule has 4 heteroatoms. The zero-order valence-corrected chi connectivity index (χ0v) is 12.0. The maximum Gasteiger partial charge on any atom is 0.331 e. The molecule has 0 radical (unpaired) electrons. The summed E-state index contributed by atoms with van der Waals surface area (Å²) in [6.07, 6.45) is 2.13. The molecule has 0 aliphatic heterocycles. The van der Waals surface area contributed by atoms with Gasteiger partial charge in [0.1, 0.15) is 13.2 Å². The molecular formula is C18H16O4. The van der Waals surface area contributed by atoms with Gasteiger partial charge in [-0.2, -0.15) is 0 Å². The van der Waals surface area contributed by atoms with Crippen LogP contribution in [0.3, 0.4) is 0 Å². The molecule has 0 aliphatic carbocycles. The van der Waals surface area contributed by atoms with Crippen LogP contribution in [0.25, 0.3) is 0 Å². The fraction of sp³-hybridized carbons (Fsp3) is 0.111. The van der Waals surface area contributed by atoms with E-state index in [1.165, 1.54) is 0 Å². The smallest absolute Gasteiger partial charge is 0.331 e. The molecule has 0 fully saturated rings. The van der Waals surface area contributed by atoms with Crippen LogP contribution in [0, 0.1) is 0 Å². The standard InChI is InChI=1S/C18H16O4/c19-17(21-13-15-7-3-1-4-8-15)11-12-18(20)22-14-16-9-5-2-6-10-16/h1-12H,13-14H2. The van der Waals surface area contributed by atoms with E-state index in [1.54, 1.807) is 0 Å². The molecule has 0 spiro atoms. The Balaban J connectivity index is 1.71. The highest BCUT2D eigenvalue weighted by atomic mass is 16.5. The Hall–Kier alpha value is -2.88. The van der Waals surface area contributed by atoms with Gasteiger partial charge in [0.15, 0.2) is 0 Å². The van der Waals surface area contributed by atoms with Crippen LogP contribution < -0.4 is 0 Å². The quantitative estimate of drug-likeness (QED) is 0.607. The van der Waals surface area contributed by atoms with Crippen molar-refractivity contribution in [1.29, 1.82) is 0 Å². The number of carbonyl (C=O) groups is 2. The maximum absolute atomic E-state index is 11.5. The number of benzene rings is 2. The van der Waals surface area contributed by atoms with Gasteiger partial charge in [-0.3, -0.25) is 0 Å². The average molecular weight is 296 g/mol. The summed E-state index contributed by atoms with van der Waals surface area (Å²) in [5, 5.41) is 0. The number of hydrogen-bond acceptors (Lipinski definition) is 4. The van der Waals surface area contributed by atoms with Gasteiger partial charge in [-0.05, 0) is 11.1 Å². The van der Waals surface area contributed by atoms with Crippen molar-refractivity contribution < 1.29 is 19.1 Å². The van der Waals surface area contributed by atoms with Crippen LogP contribution in [-0.4, -0.2) is 11.9 Å². The van der Waals surface area contributed by atoms with Crippen LogP contribution in [0.1, 0.15) is 11.1 Å². The molecule has 0 amide bonds. The predicted molar refractivity (Wildman–Crippen MR) is 81.6 cm³/mol. The number of esters is 2. The summed E-state index contributed by atoms with van der Waals surface area (Å²) in [5.41, 5.74) is 1.77. The molecule has 0 heterocycles. The highest BCUT2D eigenvalue weighted by Crippen LogP contribution is 2.02. The van der Waals surface area contributed by atoms with E-state index in [1.807, 2.05) is 60.7 Å². The van der Waals surface area contributed by atoms with Crippen molar-refractivity contribution in [3.05, 3.63) is 83.9 Å². The van der Waals surface area contributed by atoms with Crippen molar-refractivity contribution in [2.24, 2.45) is 0 Å². The van der Waals surface area contributed by atoms with Gasteiger partial charge < -0.3 is 9.47 Å². The Kier molecular flexibility index (Phi) is 5.93. The summed E-state index contributed by atoms with van der Waals surface area (Å²) in [6.45, 7) is 0.339. The Morgan fingerprint density at radius 1 is 0.682 bits per heavy atom. The Bertz CT molecular complexity index is 575. The number of ether oxygens (including phenoxy) is 2. The first-order valence-corrected chi connectivity index (χ1v) is 6.83. The first-order chi connectivity index (χ1) is 10.7. The second-order valence-electron chi connectivity index (χ2n) is 4.52. The van der Waals surface area contributed by atoms with Gasteiger partial charge in [-0.1, -0.05) is 60.7 Å².